The molecule has 2 N–H and O–H groups in total. The first-order valence-corrected chi connectivity index (χ1v) is 10.9. The maximum Gasteiger partial charge on any atom is 0.188 e. The number of carbonyl (C=O) groups is 1. The average molecular weight is 419 g/mol. The van der Waals surface area contributed by atoms with Crippen molar-refractivity contribution >= 4 is 5.78 Å². The number of aromatic hydroxyl groups is 1. The molecule has 1 aromatic rings. The minimum Gasteiger partial charge on any atom is -0.504 e. The molecule has 0 aromatic heterocycles. The Hall–Kier alpha value is -1.63. The van der Waals surface area contributed by atoms with E-state index in [1.165, 1.54) is 19.2 Å². The number of rotatable bonds is 6. The van der Waals surface area contributed by atoms with Crippen LogP contribution in [0.25, 0.3) is 0 Å². The molecule has 3 aliphatic rings. The van der Waals surface area contributed by atoms with E-state index in [-0.39, 0.29) is 58.9 Å². The van der Waals surface area contributed by atoms with Crippen LogP contribution in [-0.2, 0) is 9.47 Å². The number of fused-ring (bicyclic) bond motifs is 2. The summed E-state index contributed by atoms with van der Waals surface area (Å²) in [7, 11) is 1.45. The average Bonchev–Trinajstić information content (AvgIpc) is 3.24. The normalized spacial score (nSPS) is 39.9. The highest BCUT2D eigenvalue weighted by molar-refractivity contribution is 5.97. The highest BCUT2D eigenvalue weighted by Crippen LogP contribution is 2.63. The number of benzene rings is 1. The molecule has 1 aliphatic heterocycles. The van der Waals surface area contributed by atoms with Gasteiger partial charge in [0, 0.05) is 17.9 Å². The highest BCUT2D eigenvalue weighted by Gasteiger charge is 2.67. The van der Waals surface area contributed by atoms with Gasteiger partial charge < -0.3 is 24.4 Å². The van der Waals surface area contributed by atoms with Crippen LogP contribution in [0.15, 0.2) is 18.2 Å². The van der Waals surface area contributed by atoms with E-state index in [0.29, 0.717) is 12.0 Å². The molecule has 1 saturated heterocycles. The molecular formula is C24H34O6. The zero-order valence-electron chi connectivity index (χ0n) is 18.6. The van der Waals surface area contributed by atoms with Crippen LogP contribution in [0.4, 0.5) is 0 Å². The second kappa shape index (κ2) is 7.21. The number of phenols is 1. The Kier molecular flexibility index (Phi) is 5.19. The molecule has 2 aliphatic carbocycles. The van der Waals surface area contributed by atoms with Crippen LogP contribution in [0, 0.1) is 17.3 Å². The third-order valence-corrected chi connectivity index (χ3v) is 7.98. The summed E-state index contributed by atoms with van der Waals surface area (Å²) < 4.78 is 17.4. The number of methoxy groups -OCH3 is 1. The van der Waals surface area contributed by atoms with Gasteiger partial charge in [0.05, 0.1) is 30.5 Å². The number of hydrogen-bond donors (Lipinski definition) is 2. The molecule has 6 atom stereocenters. The molecular weight excluding hydrogens is 384 g/mol. The highest BCUT2D eigenvalue weighted by atomic mass is 16.6. The number of hydrogen-bond acceptors (Lipinski definition) is 6. The first-order valence-electron chi connectivity index (χ1n) is 10.9. The third kappa shape index (κ3) is 3.43. The van der Waals surface area contributed by atoms with E-state index in [0.717, 1.165) is 19.3 Å². The van der Waals surface area contributed by atoms with Crippen molar-refractivity contribution in [2.24, 2.45) is 17.3 Å². The Morgan fingerprint density at radius 2 is 2.00 bits per heavy atom. The number of Topliss-reactive ketones (excluding diaryl/α,β-unsaturated/α-hetero) is 1. The van der Waals surface area contributed by atoms with Crippen LogP contribution in [0.1, 0.15) is 63.7 Å². The smallest absolute Gasteiger partial charge is 0.188 e. The summed E-state index contributed by atoms with van der Waals surface area (Å²) in [5.41, 5.74) is -0.691. The first kappa shape index (κ1) is 21.6. The van der Waals surface area contributed by atoms with E-state index in [2.05, 4.69) is 27.7 Å². The van der Waals surface area contributed by atoms with Gasteiger partial charge in [-0.05, 0) is 55.7 Å². The lowest BCUT2D eigenvalue weighted by molar-refractivity contribution is -0.132. The lowest BCUT2D eigenvalue weighted by Crippen LogP contribution is -2.50. The Labute approximate surface area is 178 Å². The number of ketones is 1. The number of ether oxygens (including phenoxy) is 3. The van der Waals surface area contributed by atoms with Crippen molar-refractivity contribution in [3.63, 3.8) is 0 Å². The summed E-state index contributed by atoms with van der Waals surface area (Å²) in [6.07, 6.45) is 3.23. The largest absolute Gasteiger partial charge is 0.504 e. The van der Waals surface area contributed by atoms with Gasteiger partial charge in [0.1, 0.15) is 6.61 Å². The summed E-state index contributed by atoms with van der Waals surface area (Å²) in [6, 6.07) is 4.55. The summed E-state index contributed by atoms with van der Waals surface area (Å²) in [5.74, 6) is 0.140. The monoisotopic (exact) mass is 418 g/mol. The molecule has 1 aromatic carbocycles. The molecule has 6 nitrogen and oxygen atoms in total. The van der Waals surface area contributed by atoms with Crippen molar-refractivity contribution in [2.45, 2.75) is 76.8 Å². The molecule has 6 heteroatoms. The number of epoxide rings is 1. The minimum absolute atomic E-state index is 0.00713. The van der Waals surface area contributed by atoms with Gasteiger partial charge in [-0.15, -0.1) is 0 Å². The zero-order valence-corrected chi connectivity index (χ0v) is 18.6. The molecule has 30 heavy (non-hydrogen) atoms. The summed E-state index contributed by atoms with van der Waals surface area (Å²) in [6.45, 7) is 8.41. The first-order chi connectivity index (χ1) is 14.0. The molecule has 0 unspecified atom stereocenters. The molecule has 166 valence electrons. The molecule has 0 amide bonds. The van der Waals surface area contributed by atoms with Gasteiger partial charge in [-0.3, -0.25) is 4.79 Å². The molecule has 4 rings (SSSR count). The molecule has 0 bridgehead atoms. The van der Waals surface area contributed by atoms with Crippen LogP contribution < -0.4 is 4.74 Å². The molecule has 2 saturated carbocycles. The standard InChI is InChI=1S/C24H34O6/c1-14(2)24(27)9-8-22(3)12-20-23(4,30-20)11-19(21(22)24)29-13-17(26)15-6-7-16(25)18(10-15)28-5/h6-7,10,14,19-21,25,27H,8-9,11-13H2,1-5H3/t19-,20-,21+,22+,23+,24+/m0/s1. The van der Waals surface area contributed by atoms with Gasteiger partial charge in [0.15, 0.2) is 17.3 Å². The van der Waals surface area contributed by atoms with Crippen LogP contribution in [0.3, 0.4) is 0 Å². The molecule has 0 spiro atoms. The summed E-state index contributed by atoms with van der Waals surface area (Å²) >= 11 is 0. The van der Waals surface area contributed by atoms with Crippen LogP contribution in [-0.4, -0.2) is 53.1 Å². The van der Waals surface area contributed by atoms with E-state index < -0.39 is 5.60 Å². The zero-order chi connectivity index (χ0) is 21.9. The predicted molar refractivity (Wildman–Crippen MR) is 112 cm³/mol. The summed E-state index contributed by atoms with van der Waals surface area (Å²) in [5, 5.41) is 21.4. The van der Waals surface area contributed by atoms with E-state index >= 15 is 0 Å². The van der Waals surface area contributed by atoms with Crippen molar-refractivity contribution in [1.29, 1.82) is 0 Å². The fraction of sp³-hybridized carbons (Fsp3) is 0.708. The van der Waals surface area contributed by atoms with Crippen molar-refractivity contribution < 1.29 is 29.2 Å². The quantitative estimate of drug-likeness (QED) is 0.541. The van der Waals surface area contributed by atoms with Crippen LogP contribution in [0.2, 0.25) is 0 Å². The van der Waals surface area contributed by atoms with Crippen LogP contribution >= 0.6 is 0 Å². The number of carbonyl (C=O) groups excluding carboxylic acids is 1. The second-order valence-electron chi connectivity index (χ2n) is 10.3. The molecule has 1 heterocycles. The fourth-order valence-electron chi connectivity index (χ4n) is 5.99. The van der Waals surface area contributed by atoms with E-state index in [1.807, 2.05) is 0 Å². The predicted octanol–water partition coefficient (Wildman–Crippen LogP) is 3.72. The van der Waals surface area contributed by atoms with E-state index in [1.54, 1.807) is 6.07 Å². The lowest BCUT2D eigenvalue weighted by Gasteiger charge is -2.44. The van der Waals surface area contributed by atoms with Gasteiger partial charge in [-0.2, -0.15) is 0 Å². The van der Waals surface area contributed by atoms with Gasteiger partial charge in [0.2, 0.25) is 0 Å². The molecule has 3 fully saturated rings. The fourth-order valence-corrected chi connectivity index (χ4v) is 5.99. The van der Waals surface area contributed by atoms with Gasteiger partial charge in [-0.25, -0.2) is 0 Å². The lowest BCUT2D eigenvalue weighted by atomic mass is 9.67. The van der Waals surface area contributed by atoms with E-state index in [4.69, 9.17) is 14.2 Å². The van der Waals surface area contributed by atoms with Crippen molar-refractivity contribution in [1.82, 2.24) is 0 Å². The van der Waals surface area contributed by atoms with Crippen LogP contribution in [0.5, 0.6) is 11.5 Å². The maximum atomic E-state index is 12.8. The second-order valence-corrected chi connectivity index (χ2v) is 10.3. The van der Waals surface area contributed by atoms with Crippen molar-refractivity contribution in [3.8, 4) is 11.5 Å². The topological polar surface area (TPSA) is 88.5 Å². The molecule has 0 radical (unpaired) electrons. The van der Waals surface area contributed by atoms with Gasteiger partial charge in [-0.1, -0.05) is 20.8 Å². The minimum atomic E-state index is -0.808. The van der Waals surface area contributed by atoms with Gasteiger partial charge >= 0.3 is 0 Å². The number of aliphatic hydroxyl groups is 1. The Bertz CT molecular complexity index is 837. The van der Waals surface area contributed by atoms with E-state index in [9.17, 15) is 15.0 Å². The Balaban J connectivity index is 1.57. The Morgan fingerprint density at radius 3 is 2.67 bits per heavy atom. The van der Waals surface area contributed by atoms with Crippen molar-refractivity contribution in [3.05, 3.63) is 23.8 Å². The Morgan fingerprint density at radius 1 is 1.27 bits per heavy atom. The van der Waals surface area contributed by atoms with Crippen molar-refractivity contribution in [2.75, 3.05) is 13.7 Å². The SMILES string of the molecule is COc1cc(C(=O)CO[C@H]2C[C@@]3(C)O[C@H]3C[C@@]3(C)CC[C@@](O)(C(C)C)[C@H]23)ccc1O. The van der Waals surface area contributed by atoms with Gasteiger partial charge in [0.25, 0.3) is 0 Å². The number of phenolic OH excluding ortho intramolecular Hbond substituents is 1. The third-order valence-electron chi connectivity index (χ3n) is 7.98. The maximum absolute atomic E-state index is 12.8. The summed E-state index contributed by atoms with van der Waals surface area (Å²) in [4.78, 5) is 12.8.